The summed E-state index contributed by atoms with van der Waals surface area (Å²) in [6, 6.07) is 13.6. The number of nitrogens with zero attached hydrogens (tertiary/aromatic N) is 1. The smallest absolute Gasteiger partial charge is 0.241 e. The zero-order chi connectivity index (χ0) is 20.9. The van der Waals surface area contributed by atoms with Crippen LogP contribution in [-0.2, 0) is 14.8 Å². The summed E-state index contributed by atoms with van der Waals surface area (Å²) in [5.74, 6) is -0.687. The van der Waals surface area contributed by atoms with Gasteiger partial charge in [-0.15, -0.1) is 11.3 Å². The molecular weight excluding hydrogens is 410 g/mol. The average molecular weight is 432 g/mol. The van der Waals surface area contributed by atoms with E-state index in [0.717, 1.165) is 10.6 Å². The van der Waals surface area contributed by atoms with Crippen LogP contribution < -0.4 is 14.8 Å². The van der Waals surface area contributed by atoms with Crippen molar-refractivity contribution in [1.29, 1.82) is 0 Å². The van der Waals surface area contributed by atoms with E-state index in [9.17, 15) is 13.2 Å². The Kier molecular flexibility index (Phi) is 6.50. The topological polar surface area (TPSA) is 97.4 Å². The van der Waals surface area contributed by atoms with E-state index in [0.29, 0.717) is 17.1 Å². The van der Waals surface area contributed by atoms with Crippen LogP contribution in [0.3, 0.4) is 0 Å². The number of amides is 1. The predicted molar refractivity (Wildman–Crippen MR) is 116 cm³/mol. The van der Waals surface area contributed by atoms with Gasteiger partial charge >= 0.3 is 0 Å². The maximum Gasteiger partial charge on any atom is 0.241 e. The number of benzene rings is 2. The van der Waals surface area contributed by atoms with Crippen LogP contribution >= 0.6 is 11.3 Å². The SMILES string of the molecule is CC(C)Oc1ccc(NS(=O)(=O)CC(=O)Nc2cccc(-c3nccs3)c2)cc1. The van der Waals surface area contributed by atoms with Crippen molar-refractivity contribution < 1.29 is 17.9 Å². The number of carbonyl (C=O) groups is 1. The van der Waals surface area contributed by atoms with E-state index in [2.05, 4.69) is 15.0 Å². The number of nitrogens with one attached hydrogen (secondary N) is 2. The summed E-state index contributed by atoms with van der Waals surface area (Å²) in [5, 5.41) is 5.30. The molecule has 0 aliphatic heterocycles. The van der Waals surface area contributed by atoms with Gasteiger partial charge in [0.2, 0.25) is 15.9 Å². The Bertz CT molecular complexity index is 1060. The number of anilines is 2. The molecule has 1 amide bonds. The maximum absolute atomic E-state index is 12.3. The van der Waals surface area contributed by atoms with Gasteiger partial charge in [0.15, 0.2) is 0 Å². The van der Waals surface area contributed by atoms with E-state index < -0.39 is 21.7 Å². The van der Waals surface area contributed by atoms with Gasteiger partial charge in [-0.05, 0) is 50.2 Å². The second-order valence-electron chi connectivity index (χ2n) is 6.52. The van der Waals surface area contributed by atoms with Crippen molar-refractivity contribution in [1.82, 2.24) is 4.98 Å². The molecule has 0 bridgehead atoms. The Morgan fingerprint density at radius 3 is 2.55 bits per heavy atom. The summed E-state index contributed by atoms with van der Waals surface area (Å²) in [6.45, 7) is 3.81. The van der Waals surface area contributed by atoms with Crippen LogP contribution in [0.25, 0.3) is 10.6 Å². The molecule has 2 N–H and O–H groups in total. The molecule has 152 valence electrons. The molecule has 1 heterocycles. The highest BCUT2D eigenvalue weighted by Gasteiger charge is 2.17. The molecule has 0 saturated heterocycles. The van der Waals surface area contributed by atoms with Crippen molar-refractivity contribution in [2.45, 2.75) is 20.0 Å². The standard InChI is InChI=1S/C20H21N3O4S2/c1-14(2)27-18-8-6-16(7-9-18)23-29(25,26)13-19(24)22-17-5-3-4-15(12-17)20-21-10-11-28-20/h3-12,14,23H,13H2,1-2H3,(H,22,24). The fourth-order valence-electron chi connectivity index (χ4n) is 2.56. The minimum atomic E-state index is -3.86. The lowest BCUT2D eigenvalue weighted by Gasteiger charge is -2.12. The fraction of sp³-hybridized carbons (Fsp3) is 0.200. The third kappa shape index (κ3) is 6.30. The van der Waals surface area contributed by atoms with Gasteiger partial charge in [0, 0.05) is 28.5 Å². The molecule has 0 aliphatic rings. The molecule has 3 rings (SSSR count). The van der Waals surface area contributed by atoms with Crippen LogP contribution in [0.1, 0.15) is 13.8 Å². The van der Waals surface area contributed by atoms with Gasteiger partial charge in [0.25, 0.3) is 0 Å². The molecule has 0 saturated carbocycles. The lowest BCUT2D eigenvalue weighted by molar-refractivity contribution is -0.113. The first-order valence-corrected chi connectivity index (χ1v) is 11.4. The summed E-state index contributed by atoms with van der Waals surface area (Å²) >= 11 is 1.48. The quantitative estimate of drug-likeness (QED) is 0.562. The minimum absolute atomic E-state index is 0.0235. The van der Waals surface area contributed by atoms with Gasteiger partial charge in [0.1, 0.15) is 16.5 Å². The molecule has 2 aromatic carbocycles. The van der Waals surface area contributed by atoms with E-state index in [1.807, 2.05) is 25.3 Å². The zero-order valence-corrected chi connectivity index (χ0v) is 17.6. The first-order chi connectivity index (χ1) is 13.8. The van der Waals surface area contributed by atoms with Crippen LogP contribution in [0.4, 0.5) is 11.4 Å². The molecule has 7 nitrogen and oxygen atoms in total. The largest absolute Gasteiger partial charge is 0.491 e. The number of carbonyl (C=O) groups excluding carboxylic acids is 1. The van der Waals surface area contributed by atoms with Gasteiger partial charge < -0.3 is 10.1 Å². The lowest BCUT2D eigenvalue weighted by atomic mass is 10.2. The molecule has 0 spiro atoms. The van der Waals surface area contributed by atoms with Crippen molar-refractivity contribution in [3.8, 4) is 16.3 Å². The van der Waals surface area contributed by atoms with Crippen molar-refractivity contribution in [2.24, 2.45) is 0 Å². The molecule has 0 radical (unpaired) electrons. The van der Waals surface area contributed by atoms with E-state index in [1.54, 1.807) is 48.7 Å². The fourth-order valence-corrected chi connectivity index (χ4v) is 4.18. The summed E-state index contributed by atoms with van der Waals surface area (Å²) in [7, 11) is -3.86. The maximum atomic E-state index is 12.3. The Morgan fingerprint density at radius 1 is 1.14 bits per heavy atom. The normalized spacial score (nSPS) is 11.3. The van der Waals surface area contributed by atoms with Crippen LogP contribution in [0.2, 0.25) is 0 Å². The van der Waals surface area contributed by atoms with Crippen molar-refractivity contribution in [3.63, 3.8) is 0 Å². The molecule has 0 unspecified atom stereocenters. The summed E-state index contributed by atoms with van der Waals surface area (Å²) in [4.78, 5) is 16.5. The first-order valence-electron chi connectivity index (χ1n) is 8.88. The van der Waals surface area contributed by atoms with Crippen LogP contribution in [0.15, 0.2) is 60.1 Å². The lowest BCUT2D eigenvalue weighted by Crippen LogP contribution is -2.27. The van der Waals surface area contributed by atoms with Crippen LogP contribution in [-0.4, -0.2) is 31.2 Å². The molecule has 3 aromatic rings. The number of thiazole rings is 1. The third-order valence-electron chi connectivity index (χ3n) is 3.65. The Morgan fingerprint density at radius 2 is 1.90 bits per heavy atom. The molecule has 0 fully saturated rings. The van der Waals surface area contributed by atoms with Gasteiger partial charge in [-0.3, -0.25) is 9.52 Å². The van der Waals surface area contributed by atoms with E-state index in [-0.39, 0.29) is 6.10 Å². The van der Waals surface area contributed by atoms with Gasteiger partial charge in [-0.2, -0.15) is 0 Å². The molecule has 1 aromatic heterocycles. The number of sulfonamides is 1. The molecule has 0 atom stereocenters. The Labute approximate surface area is 173 Å². The summed E-state index contributed by atoms with van der Waals surface area (Å²) < 4.78 is 32.5. The average Bonchev–Trinajstić information content (AvgIpc) is 3.17. The predicted octanol–water partition coefficient (Wildman–Crippen LogP) is 3.98. The highest BCUT2D eigenvalue weighted by atomic mass is 32.2. The van der Waals surface area contributed by atoms with Gasteiger partial charge in [-0.25, -0.2) is 13.4 Å². The van der Waals surface area contributed by atoms with Gasteiger partial charge in [0.05, 0.1) is 6.10 Å². The number of hydrogen-bond donors (Lipinski definition) is 2. The van der Waals surface area contributed by atoms with Crippen molar-refractivity contribution in [2.75, 3.05) is 15.8 Å². The van der Waals surface area contributed by atoms with E-state index >= 15 is 0 Å². The van der Waals surface area contributed by atoms with Crippen LogP contribution in [0.5, 0.6) is 5.75 Å². The molecule has 9 heteroatoms. The highest BCUT2D eigenvalue weighted by molar-refractivity contribution is 7.93. The van der Waals surface area contributed by atoms with Gasteiger partial charge in [-0.1, -0.05) is 12.1 Å². The second kappa shape index (κ2) is 9.06. The first kappa shape index (κ1) is 20.8. The highest BCUT2D eigenvalue weighted by Crippen LogP contribution is 2.24. The monoisotopic (exact) mass is 431 g/mol. The molecule has 0 aliphatic carbocycles. The summed E-state index contributed by atoms with van der Waals surface area (Å²) in [6.07, 6.45) is 1.72. The Hall–Kier alpha value is -2.91. The third-order valence-corrected chi connectivity index (χ3v) is 5.66. The van der Waals surface area contributed by atoms with Crippen molar-refractivity contribution >= 4 is 38.6 Å². The number of hydrogen-bond acceptors (Lipinski definition) is 6. The number of aromatic nitrogens is 1. The second-order valence-corrected chi connectivity index (χ2v) is 9.14. The van der Waals surface area contributed by atoms with E-state index in [4.69, 9.17) is 4.74 Å². The molecule has 29 heavy (non-hydrogen) atoms. The van der Waals surface area contributed by atoms with Crippen molar-refractivity contribution in [3.05, 3.63) is 60.1 Å². The zero-order valence-electron chi connectivity index (χ0n) is 16.0. The minimum Gasteiger partial charge on any atom is -0.491 e. The van der Waals surface area contributed by atoms with Crippen LogP contribution in [0, 0.1) is 0 Å². The molecular formula is C20H21N3O4S2. The number of rotatable bonds is 8. The summed E-state index contributed by atoms with van der Waals surface area (Å²) in [5.41, 5.74) is 1.72. The number of ether oxygens (including phenoxy) is 1. The Balaban J connectivity index is 1.60. The van der Waals surface area contributed by atoms with E-state index in [1.165, 1.54) is 11.3 Å².